The molecule has 2 aromatic rings. The summed E-state index contributed by atoms with van der Waals surface area (Å²) in [5.74, 6) is -0.603. The number of thiazole rings is 2. The fourth-order valence-corrected chi connectivity index (χ4v) is 5.14. The van der Waals surface area contributed by atoms with Crippen molar-refractivity contribution in [2.75, 3.05) is 13.2 Å². The van der Waals surface area contributed by atoms with Crippen molar-refractivity contribution in [1.29, 1.82) is 0 Å². The van der Waals surface area contributed by atoms with Gasteiger partial charge < -0.3 is 30.0 Å². The van der Waals surface area contributed by atoms with Gasteiger partial charge in [-0.05, 0) is 33.7 Å². The first kappa shape index (κ1) is 30.7. The SMILES string of the molecule is CCOC(=O)c1csc(C(NC(=O)OC(C)(C)C)C(O)c2csc(CNC(=O)OCC[Si](C)(C)C)n2)n1. The number of carbonyl (C=O) groups excluding carboxylic acids is 3. The molecule has 2 aromatic heterocycles. The first-order chi connectivity index (χ1) is 17.2. The highest BCUT2D eigenvalue weighted by Crippen LogP contribution is 2.32. The van der Waals surface area contributed by atoms with Crippen LogP contribution in [0.5, 0.6) is 0 Å². The number of carbonyl (C=O) groups is 3. The van der Waals surface area contributed by atoms with Crippen molar-refractivity contribution in [3.8, 4) is 0 Å². The van der Waals surface area contributed by atoms with Crippen LogP contribution in [0.2, 0.25) is 25.7 Å². The monoisotopic (exact) mass is 572 g/mol. The third-order valence-electron chi connectivity index (χ3n) is 4.60. The fourth-order valence-electron chi connectivity index (χ4n) is 2.80. The Morgan fingerprint density at radius 3 is 2.41 bits per heavy atom. The number of hydrogen-bond donors (Lipinski definition) is 3. The van der Waals surface area contributed by atoms with Gasteiger partial charge in [-0.25, -0.2) is 24.4 Å². The van der Waals surface area contributed by atoms with Gasteiger partial charge in [-0.2, -0.15) is 0 Å². The van der Waals surface area contributed by atoms with E-state index < -0.39 is 44.0 Å². The molecule has 2 rings (SSSR count). The van der Waals surface area contributed by atoms with Crippen LogP contribution in [0.15, 0.2) is 10.8 Å². The average molecular weight is 573 g/mol. The highest BCUT2D eigenvalue weighted by atomic mass is 32.1. The minimum absolute atomic E-state index is 0.0702. The first-order valence-electron chi connectivity index (χ1n) is 11.8. The second-order valence-corrected chi connectivity index (χ2v) is 17.8. The molecule has 2 atom stereocenters. The maximum absolute atomic E-state index is 12.5. The highest BCUT2D eigenvalue weighted by molar-refractivity contribution is 7.10. The zero-order valence-corrected chi connectivity index (χ0v) is 24.9. The molecule has 2 amide bonds. The number of esters is 1. The first-order valence-corrected chi connectivity index (χ1v) is 17.3. The molecule has 0 aliphatic rings. The number of alkyl carbamates (subject to hydrolysis) is 2. The zero-order chi connectivity index (χ0) is 27.8. The Labute approximate surface area is 226 Å². The largest absolute Gasteiger partial charge is 0.461 e. The summed E-state index contributed by atoms with van der Waals surface area (Å²) in [5.41, 5.74) is -0.425. The van der Waals surface area contributed by atoms with Gasteiger partial charge in [0.1, 0.15) is 27.8 Å². The lowest BCUT2D eigenvalue weighted by Crippen LogP contribution is -2.37. The summed E-state index contributed by atoms with van der Waals surface area (Å²) in [5, 5.41) is 20.4. The van der Waals surface area contributed by atoms with Crippen molar-refractivity contribution in [3.05, 3.63) is 32.2 Å². The molecule has 11 nitrogen and oxygen atoms in total. The minimum Gasteiger partial charge on any atom is -0.461 e. The standard InChI is InChI=1S/C23H36N4O7S2Si/c1-8-32-20(29)15-13-36-19(26-15)17(27-22(31)34-23(2,3)4)18(28)14-12-35-16(25-14)11-24-21(30)33-9-10-37(5,6)7/h12-13,17-18,28H,8-11H2,1-7H3,(H,24,30)(H,27,31). The Morgan fingerprint density at radius 1 is 1.08 bits per heavy atom. The molecule has 0 saturated carbocycles. The van der Waals surface area contributed by atoms with Crippen molar-refractivity contribution < 1.29 is 33.7 Å². The van der Waals surface area contributed by atoms with Gasteiger partial charge in [0.25, 0.3) is 0 Å². The van der Waals surface area contributed by atoms with Crippen molar-refractivity contribution >= 4 is 48.9 Å². The Hall–Kier alpha value is -2.55. The predicted octanol–water partition coefficient (Wildman–Crippen LogP) is 4.64. The Balaban J connectivity index is 2.12. The smallest absolute Gasteiger partial charge is 0.408 e. The number of amides is 2. The summed E-state index contributed by atoms with van der Waals surface area (Å²) in [6.45, 7) is 14.1. The molecule has 0 fully saturated rings. The van der Waals surface area contributed by atoms with Gasteiger partial charge in [0.2, 0.25) is 0 Å². The van der Waals surface area contributed by atoms with E-state index in [1.54, 1.807) is 33.1 Å². The molecule has 14 heteroatoms. The van der Waals surface area contributed by atoms with Crippen molar-refractivity contribution in [2.24, 2.45) is 0 Å². The number of aliphatic hydroxyl groups excluding tert-OH is 1. The molecule has 0 aliphatic carbocycles. The quantitative estimate of drug-likeness (QED) is 0.199. The molecular weight excluding hydrogens is 536 g/mol. The molecule has 206 valence electrons. The maximum Gasteiger partial charge on any atom is 0.408 e. The van der Waals surface area contributed by atoms with Crippen molar-refractivity contribution in [2.45, 2.75) is 77.7 Å². The molecule has 0 aromatic carbocycles. The van der Waals surface area contributed by atoms with Crippen molar-refractivity contribution in [1.82, 2.24) is 20.6 Å². The third kappa shape index (κ3) is 10.8. The molecule has 2 unspecified atom stereocenters. The molecule has 3 N–H and O–H groups in total. The van der Waals surface area contributed by atoms with E-state index in [1.807, 2.05) is 0 Å². The van der Waals surface area contributed by atoms with Crippen molar-refractivity contribution in [3.63, 3.8) is 0 Å². The van der Waals surface area contributed by atoms with E-state index in [1.165, 1.54) is 16.7 Å². The van der Waals surface area contributed by atoms with Crippen LogP contribution in [0.3, 0.4) is 0 Å². The van der Waals surface area contributed by atoms with E-state index in [-0.39, 0.29) is 29.5 Å². The van der Waals surface area contributed by atoms with Gasteiger partial charge >= 0.3 is 18.2 Å². The van der Waals surface area contributed by atoms with Crippen LogP contribution >= 0.6 is 22.7 Å². The van der Waals surface area contributed by atoms with Crippen LogP contribution in [0, 0.1) is 0 Å². The summed E-state index contributed by atoms with van der Waals surface area (Å²) in [7, 11) is -1.31. The molecule has 0 saturated heterocycles. The van der Waals surface area contributed by atoms with Crippen LogP contribution < -0.4 is 10.6 Å². The summed E-state index contributed by atoms with van der Waals surface area (Å²) in [6.07, 6.45) is -2.60. The van der Waals surface area contributed by atoms with Crippen LogP contribution in [0.1, 0.15) is 66.0 Å². The highest BCUT2D eigenvalue weighted by Gasteiger charge is 2.32. The minimum atomic E-state index is -1.31. The van der Waals surface area contributed by atoms with Gasteiger partial charge in [0, 0.05) is 18.8 Å². The summed E-state index contributed by atoms with van der Waals surface area (Å²) in [6, 6.07) is -0.174. The number of nitrogens with zero attached hydrogens (tertiary/aromatic N) is 2. The molecule has 0 spiro atoms. The number of hydrogen-bond acceptors (Lipinski definition) is 11. The Bertz CT molecular complexity index is 1060. The predicted molar refractivity (Wildman–Crippen MR) is 144 cm³/mol. The van der Waals surface area contributed by atoms with E-state index in [0.717, 1.165) is 17.4 Å². The van der Waals surface area contributed by atoms with Crippen LogP contribution in [0.4, 0.5) is 9.59 Å². The third-order valence-corrected chi connectivity index (χ3v) is 8.10. The number of aromatic nitrogens is 2. The molecular formula is C23H36N4O7S2Si. The summed E-state index contributed by atoms with van der Waals surface area (Å²) < 4.78 is 15.5. The molecule has 0 bridgehead atoms. The van der Waals surface area contributed by atoms with Crippen LogP contribution in [-0.2, 0) is 20.8 Å². The lowest BCUT2D eigenvalue weighted by molar-refractivity contribution is 0.0415. The maximum atomic E-state index is 12.5. The van der Waals surface area contributed by atoms with Gasteiger partial charge in [0.15, 0.2) is 5.69 Å². The molecule has 37 heavy (non-hydrogen) atoms. The topological polar surface area (TPSA) is 149 Å². The van der Waals surface area contributed by atoms with E-state index in [0.29, 0.717) is 11.6 Å². The Morgan fingerprint density at radius 2 is 1.78 bits per heavy atom. The number of ether oxygens (including phenoxy) is 3. The number of aliphatic hydroxyl groups is 1. The zero-order valence-electron chi connectivity index (χ0n) is 22.2. The van der Waals surface area contributed by atoms with Crippen LogP contribution in [-0.4, -0.2) is 60.1 Å². The van der Waals surface area contributed by atoms with Gasteiger partial charge in [-0.1, -0.05) is 19.6 Å². The van der Waals surface area contributed by atoms with E-state index in [9.17, 15) is 19.5 Å². The Kier molecular flexibility index (Phi) is 11.0. The normalized spacial score (nSPS) is 13.4. The number of rotatable bonds is 11. The van der Waals surface area contributed by atoms with Gasteiger partial charge in [-0.15, -0.1) is 22.7 Å². The second kappa shape index (κ2) is 13.3. The van der Waals surface area contributed by atoms with E-state index >= 15 is 0 Å². The molecule has 0 radical (unpaired) electrons. The van der Waals surface area contributed by atoms with Gasteiger partial charge in [0.05, 0.1) is 25.5 Å². The molecule has 2 heterocycles. The molecule has 0 aliphatic heterocycles. The summed E-state index contributed by atoms with van der Waals surface area (Å²) >= 11 is 2.32. The van der Waals surface area contributed by atoms with Gasteiger partial charge in [-0.3, -0.25) is 0 Å². The van der Waals surface area contributed by atoms with Crippen LogP contribution in [0.25, 0.3) is 0 Å². The fraction of sp³-hybridized carbons (Fsp3) is 0.609. The lowest BCUT2D eigenvalue weighted by Gasteiger charge is -2.25. The number of nitrogens with one attached hydrogen (secondary N) is 2. The average Bonchev–Trinajstić information content (AvgIpc) is 3.44. The van der Waals surface area contributed by atoms with E-state index in [2.05, 4.69) is 40.2 Å². The second-order valence-electron chi connectivity index (χ2n) is 10.3. The lowest BCUT2D eigenvalue weighted by atomic mass is 10.1. The summed E-state index contributed by atoms with van der Waals surface area (Å²) in [4.78, 5) is 45.2. The van der Waals surface area contributed by atoms with E-state index in [4.69, 9.17) is 14.2 Å².